The second-order valence-corrected chi connectivity index (χ2v) is 8.72. The van der Waals surface area contributed by atoms with Gasteiger partial charge in [-0.3, -0.25) is 14.4 Å². The van der Waals surface area contributed by atoms with E-state index in [9.17, 15) is 19.5 Å². The summed E-state index contributed by atoms with van der Waals surface area (Å²) in [6.07, 6.45) is 4.43. The molecule has 0 heterocycles. The molecule has 1 aliphatic rings. The van der Waals surface area contributed by atoms with Crippen LogP contribution in [-0.2, 0) is 14.4 Å². The van der Waals surface area contributed by atoms with Crippen molar-refractivity contribution in [1.82, 2.24) is 0 Å². The lowest BCUT2D eigenvalue weighted by atomic mass is 9.82. The standard InChI is InChI=1S/C24H26N2O4S/c1-15-10-11-16(2)21(12-15)26-22(27)14-31-18-7-5-6-17(13-18)25-23(28)19-8-3-4-9-20(19)24(29)30/h3-7,10-13,19-20H,8-9,14H2,1-2H3,(H,25,28)(H,26,27)(H,29,30). The molecule has 2 aromatic carbocycles. The maximum atomic E-state index is 12.6. The van der Waals surface area contributed by atoms with Crippen LogP contribution in [0.25, 0.3) is 0 Å². The first-order valence-corrected chi connectivity index (χ1v) is 11.1. The molecule has 162 valence electrons. The Kier molecular flexibility index (Phi) is 7.52. The first kappa shape index (κ1) is 22.6. The van der Waals surface area contributed by atoms with Gasteiger partial charge in [-0.25, -0.2) is 0 Å². The quantitative estimate of drug-likeness (QED) is 0.432. The highest BCUT2D eigenvalue weighted by atomic mass is 32.2. The fraction of sp³-hybridized carbons (Fsp3) is 0.292. The molecule has 2 aromatic rings. The van der Waals surface area contributed by atoms with Gasteiger partial charge in [0.25, 0.3) is 0 Å². The monoisotopic (exact) mass is 438 g/mol. The molecule has 1 aliphatic carbocycles. The maximum Gasteiger partial charge on any atom is 0.307 e. The van der Waals surface area contributed by atoms with E-state index in [0.29, 0.717) is 18.5 Å². The fourth-order valence-electron chi connectivity index (χ4n) is 3.48. The molecular formula is C24H26N2O4S. The van der Waals surface area contributed by atoms with E-state index in [4.69, 9.17) is 0 Å². The van der Waals surface area contributed by atoms with Crippen molar-refractivity contribution in [3.8, 4) is 0 Å². The highest BCUT2D eigenvalue weighted by molar-refractivity contribution is 8.00. The Morgan fingerprint density at radius 1 is 1.00 bits per heavy atom. The SMILES string of the molecule is Cc1ccc(C)c(NC(=O)CSc2cccc(NC(=O)C3CC=CCC3C(=O)O)c2)c1. The third-order valence-corrected chi connectivity index (χ3v) is 6.22. The molecule has 0 saturated heterocycles. The lowest BCUT2D eigenvalue weighted by molar-refractivity contribution is -0.146. The van der Waals surface area contributed by atoms with Crippen LogP contribution in [0.3, 0.4) is 0 Å². The van der Waals surface area contributed by atoms with Gasteiger partial charge in [-0.1, -0.05) is 30.4 Å². The van der Waals surface area contributed by atoms with Crippen LogP contribution >= 0.6 is 11.8 Å². The zero-order valence-electron chi connectivity index (χ0n) is 17.6. The average molecular weight is 439 g/mol. The first-order valence-electron chi connectivity index (χ1n) is 10.1. The summed E-state index contributed by atoms with van der Waals surface area (Å²) in [5.74, 6) is -2.43. The summed E-state index contributed by atoms with van der Waals surface area (Å²) in [6.45, 7) is 3.93. The molecule has 0 fully saturated rings. The van der Waals surface area contributed by atoms with Gasteiger partial charge in [0, 0.05) is 16.3 Å². The highest BCUT2D eigenvalue weighted by Crippen LogP contribution is 2.28. The number of hydrogen-bond donors (Lipinski definition) is 3. The summed E-state index contributed by atoms with van der Waals surface area (Å²) in [4.78, 5) is 37.3. The number of thioether (sulfide) groups is 1. The predicted octanol–water partition coefficient (Wildman–Crippen LogP) is 4.64. The minimum atomic E-state index is -0.955. The number of nitrogens with one attached hydrogen (secondary N) is 2. The fourth-order valence-corrected chi connectivity index (χ4v) is 4.24. The second-order valence-electron chi connectivity index (χ2n) is 7.67. The molecule has 0 spiro atoms. The molecule has 2 amide bonds. The Morgan fingerprint density at radius 2 is 1.74 bits per heavy atom. The van der Waals surface area contributed by atoms with Gasteiger partial charge in [-0.2, -0.15) is 0 Å². The highest BCUT2D eigenvalue weighted by Gasteiger charge is 2.33. The minimum absolute atomic E-state index is 0.105. The molecule has 3 N–H and O–H groups in total. The van der Waals surface area contributed by atoms with Crippen LogP contribution in [-0.4, -0.2) is 28.6 Å². The van der Waals surface area contributed by atoms with E-state index in [-0.39, 0.29) is 17.6 Å². The van der Waals surface area contributed by atoms with Gasteiger partial charge >= 0.3 is 5.97 Å². The Labute approximate surface area is 186 Å². The van der Waals surface area contributed by atoms with Crippen LogP contribution in [0.1, 0.15) is 24.0 Å². The van der Waals surface area contributed by atoms with E-state index < -0.39 is 17.8 Å². The molecule has 2 unspecified atom stereocenters. The summed E-state index contributed by atoms with van der Waals surface area (Å²) >= 11 is 1.37. The maximum absolute atomic E-state index is 12.6. The second kappa shape index (κ2) is 10.3. The number of benzene rings is 2. The van der Waals surface area contributed by atoms with Gasteiger partial charge in [0.1, 0.15) is 0 Å². The Morgan fingerprint density at radius 3 is 2.48 bits per heavy atom. The molecule has 0 aliphatic heterocycles. The zero-order valence-corrected chi connectivity index (χ0v) is 18.4. The third-order valence-electron chi connectivity index (χ3n) is 5.23. The van der Waals surface area contributed by atoms with Crippen molar-refractivity contribution in [3.63, 3.8) is 0 Å². The number of hydrogen-bond acceptors (Lipinski definition) is 4. The van der Waals surface area contributed by atoms with Gasteiger partial charge in [0.2, 0.25) is 11.8 Å². The number of anilines is 2. The summed E-state index contributed by atoms with van der Waals surface area (Å²) < 4.78 is 0. The number of carbonyl (C=O) groups is 3. The van der Waals surface area contributed by atoms with Crippen molar-refractivity contribution in [2.45, 2.75) is 31.6 Å². The molecule has 0 radical (unpaired) electrons. The van der Waals surface area contributed by atoms with Crippen molar-refractivity contribution in [3.05, 3.63) is 65.7 Å². The molecule has 0 saturated carbocycles. The number of allylic oxidation sites excluding steroid dienone is 2. The van der Waals surface area contributed by atoms with E-state index in [1.807, 2.05) is 50.3 Å². The Hall–Kier alpha value is -3.06. The van der Waals surface area contributed by atoms with Crippen molar-refractivity contribution in [2.75, 3.05) is 16.4 Å². The van der Waals surface area contributed by atoms with E-state index in [0.717, 1.165) is 21.7 Å². The molecule has 2 atom stereocenters. The van der Waals surface area contributed by atoms with Crippen molar-refractivity contribution in [2.24, 2.45) is 11.8 Å². The number of rotatable bonds is 7. The van der Waals surface area contributed by atoms with E-state index in [2.05, 4.69) is 10.6 Å². The van der Waals surface area contributed by atoms with Gasteiger partial charge in [0.05, 0.1) is 17.6 Å². The first-order chi connectivity index (χ1) is 14.8. The van der Waals surface area contributed by atoms with Crippen LogP contribution in [0.4, 0.5) is 11.4 Å². The van der Waals surface area contributed by atoms with Crippen molar-refractivity contribution in [1.29, 1.82) is 0 Å². The van der Waals surface area contributed by atoms with Gasteiger partial charge in [-0.15, -0.1) is 11.8 Å². The predicted molar refractivity (Wildman–Crippen MR) is 123 cm³/mol. The minimum Gasteiger partial charge on any atom is -0.481 e. The Balaban J connectivity index is 1.58. The average Bonchev–Trinajstić information content (AvgIpc) is 2.75. The van der Waals surface area contributed by atoms with E-state index in [1.54, 1.807) is 18.2 Å². The third kappa shape index (κ3) is 6.21. The molecule has 7 heteroatoms. The molecule has 31 heavy (non-hydrogen) atoms. The van der Waals surface area contributed by atoms with Crippen LogP contribution in [0, 0.1) is 25.7 Å². The molecule has 6 nitrogen and oxygen atoms in total. The van der Waals surface area contributed by atoms with Crippen LogP contribution in [0.15, 0.2) is 59.5 Å². The number of carboxylic acids is 1. The van der Waals surface area contributed by atoms with Gasteiger partial charge in [-0.05, 0) is 62.1 Å². The molecular weight excluding hydrogens is 412 g/mol. The van der Waals surface area contributed by atoms with Gasteiger partial charge < -0.3 is 15.7 Å². The van der Waals surface area contributed by atoms with E-state index in [1.165, 1.54) is 11.8 Å². The van der Waals surface area contributed by atoms with Crippen LogP contribution in [0.5, 0.6) is 0 Å². The number of carbonyl (C=O) groups excluding carboxylic acids is 2. The van der Waals surface area contributed by atoms with Crippen molar-refractivity contribution >= 4 is 40.9 Å². The lowest BCUT2D eigenvalue weighted by Crippen LogP contribution is -2.34. The van der Waals surface area contributed by atoms with Crippen LogP contribution in [0.2, 0.25) is 0 Å². The topological polar surface area (TPSA) is 95.5 Å². The smallest absolute Gasteiger partial charge is 0.307 e. The Bertz CT molecular complexity index is 1020. The normalized spacial score (nSPS) is 17.7. The molecule has 0 aromatic heterocycles. The van der Waals surface area contributed by atoms with Gasteiger partial charge in [0.15, 0.2) is 0 Å². The van der Waals surface area contributed by atoms with Crippen molar-refractivity contribution < 1.29 is 19.5 Å². The van der Waals surface area contributed by atoms with Crippen LogP contribution < -0.4 is 10.6 Å². The zero-order chi connectivity index (χ0) is 22.4. The molecule has 0 bridgehead atoms. The number of aryl methyl sites for hydroxylation is 2. The number of amides is 2. The largest absolute Gasteiger partial charge is 0.481 e. The summed E-state index contributed by atoms with van der Waals surface area (Å²) in [6, 6.07) is 13.1. The summed E-state index contributed by atoms with van der Waals surface area (Å²) in [5.41, 5.74) is 3.48. The molecule has 3 rings (SSSR count). The number of aliphatic carboxylic acids is 1. The summed E-state index contributed by atoms with van der Waals surface area (Å²) in [5, 5.41) is 15.1. The van der Waals surface area contributed by atoms with E-state index >= 15 is 0 Å². The number of carboxylic acid groups (broad SMARTS) is 1. The lowest BCUT2D eigenvalue weighted by Gasteiger charge is -2.24. The summed E-state index contributed by atoms with van der Waals surface area (Å²) in [7, 11) is 0.